The van der Waals surface area contributed by atoms with Gasteiger partial charge in [0.2, 0.25) is 5.91 Å². The molecule has 0 unspecified atom stereocenters. The van der Waals surface area contributed by atoms with Crippen LogP contribution in [-0.2, 0) is 11.4 Å². The van der Waals surface area contributed by atoms with Crippen molar-refractivity contribution in [2.24, 2.45) is 0 Å². The zero-order chi connectivity index (χ0) is 27.1. The van der Waals surface area contributed by atoms with Crippen molar-refractivity contribution < 1.29 is 13.9 Å². The molecule has 9 heteroatoms. The third kappa shape index (κ3) is 6.60. The van der Waals surface area contributed by atoms with Gasteiger partial charge in [0.1, 0.15) is 12.7 Å². The van der Waals surface area contributed by atoms with E-state index in [0.29, 0.717) is 45.6 Å². The van der Waals surface area contributed by atoms with Gasteiger partial charge < -0.3 is 20.3 Å². The summed E-state index contributed by atoms with van der Waals surface area (Å²) in [6.07, 6.45) is 4.26. The lowest BCUT2D eigenvalue weighted by atomic mass is 10.0. The first-order valence-electron chi connectivity index (χ1n) is 12.2. The van der Waals surface area contributed by atoms with E-state index in [1.54, 1.807) is 30.5 Å². The fourth-order valence-electron chi connectivity index (χ4n) is 3.94. The van der Waals surface area contributed by atoms with Gasteiger partial charge in [0.25, 0.3) is 0 Å². The number of fused-ring (bicyclic) bond motifs is 1. The van der Waals surface area contributed by atoms with Gasteiger partial charge in [-0.25, -0.2) is 4.39 Å². The van der Waals surface area contributed by atoms with Crippen molar-refractivity contribution in [3.63, 3.8) is 0 Å². The van der Waals surface area contributed by atoms with Crippen molar-refractivity contribution in [3.05, 3.63) is 83.6 Å². The van der Waals surface area contributed by atoms with Gasteiger partial charge in [-0.3, -0.25) is 14.8 Å². The summed E-state index contributed by atoms with van der Waals surface area (Å²) in [6, 6.07) is 15.7. The van der Waals surface area contributed by atoms with Gasteiger partial charge in [0.05, 0.1) is 22.5 Å². The topological polar surface area (TPSA) is 103 Å². The predicted octanol–water partition coefficient (Wildman–Crippen LogP) is 5.55. The Kier molecular flexibility index (Phi) is 8.46. The molecule has 0 bridgehead atoms. The molecule has 0 saturated carbocycles. The molecule has 0 saturated heterocycles. The summed E-state index contributed by atoms with van der Waals surface area (Å²) in [5.74, 6) is -0.544. The zero-order valence-electron chi connectivity index (χ0n) is 21.6. The van der Waals surface area contributed by atoms with E-state index >= 15 is 0 Å². The number of rotatable bonds is 10. The Balaban J connectivity index is 1.58. The second-order valence-electron chi connectivity index (χ2n) is 9.18. The van der Waals surface area contributed by atoms with E-state index in [-0.39, 0.29) is 18.3 Å². The van der Waals surface area contributed by atoms with Crippen LogP contribution in [0.5, 0.6) is 5.75 Å². The number of carbonyl (C=O) groups is 1. The first-order chi connectivity index (χ1) is 18.3. The lowest BCUT2D eigenvalue weighted by molar-refractivity contribution is -0.116. The van der Waals surface area contributed by atoms with Gasteiger partial charge >= 0.3 is 0 Å². The highest BCUT2D eigenvalue weighted by Crippen LogP contribution is 2.33. The number of benzene rings is 2. The number of amides is 1. The first kappa shape index (κ1) is 26.5. The van der Waals surface area contributed by atoms with Gasteiger partial charge in [-0.15, -0.1) is 0 Å². The highest BCUT2D eigenvalue weighted by Gasteiger charge is 2.15. The number of halogens is 1. The maximum atomic E-state index is 14.9. The average molecular weight is 513 g/mol. The van der Waals surface area contributed by atoms with E-state index in [2.05, 4.69) is 26.7 Å². The Morgan fingerprint density at radius 3 is 2.71 bits per heavy atom. The molecule has 38 heavy (non-hydrogen) atoms. The predicted molar refractivity (Wildman–Crippen MR) is 146 cm³/mol. The number of ether oxygens (including phenoxy) is 1. The maximum absolute atomic E-state index is 14.9. The van der Waals surface area contributed by atoms with Crippen LogP contribution in [0, 0.1) is 24.1 Å². The standard InChI is InChI=1S/C29H29FN6O2/c1-19-13-26-23(15-25(19)35-28(37)8-6-12-36(2)3)29(20(16-31)17-33-26)34-21-9-10-27(24(30)14-21)38-18-22-7-4-5-11-32-22/h4-5,7,9-11,13-15,17H,6,8,12,18H2,1-3H3,(H,33,34)(H,35,37). The second-order valence-corrected chi connectivity index (χ2v) is 9.18. The van der Waals surface area contributed by atoms with Gasteiger partial charge in [-0.2, -0.15) is 5.26 Å². The Hall–Kier alpha value is -4.55. The number of nitrogens with zero attached hydrogens (tertiary/aromatic N) is 4. The van der Waals surface area contributed by atoms with E-state index in [1.165, 1.54) is 18.3 Å². The monoisotopic (exact) mass is 512 g/mol. The quantitative estimate of drug-likeness (QED) is 0.287. The lowest BCUT2D eigenvalue weighted by Crippen LogP contribution is -2.17. The van der Waals surface area contributed by atoms with Crippen LogP contribution in [-0.4, -0.2) is 41.4 Å². The Morgan fingerprint density at radius 2 is 2.00 bits per heavy atom. The number of anilines is 3. The van der Waals surface area contributed by atoms with E-state index in [4.69, 9.17) is 4.74 Å². The van der Waals surface area contributed by atoms with E-state index < -0.39 is 5.82 Å². The molecule has 4 aromatic rings. The van der Waals surface area contributed by atoms with Crippen molar-refractivity contribution in [2.75, 3.05) is 31.3 Å². The van der Waals surface area contributed by atoms with Crippen molar-refractivity contribution >= 4 is 33.9 Å². The van der Waals surface area contributed by atoms with Crippen LogP contribution >= 0.6 is 0 Å². The second kappa shape index (κ2) is 12.1. The molecule has 1 amide bonds. The van der Waals surface area contributed by atoms with Crippen molar-refractivity contribution in [3.8, 4) is 11.8 Å². The van der Waals surface area contributed by atoms with Gasteiger partial charge in [0.15, 0.2) is 11.6 Å². The summed E-state index contributed by atoms with van der Waals surface area (Å²) in [4.78, 5) is 23.1. The average Bonchev–Trinajstić information content (AvgIpc) is 2.89. The SMILES string of the molecule is Cc1cc2ncc(C#N)c(Nc3ccc(OCc4ccccn4)c(F)c3)c2cc1NC(=O)CCCN(C)C. The molecule has 8 nitrogen and oxygen atoms in total. The normalized spacial score (nSPS) is 10.8. The van der Waals surface area contributed by atoms with E-state index in [0.717, 1.165) is 18.5 Å². The molecule has 0 fully saturated rings. The molecule has 0 aliphatic heterocycles. The summed E-state index contributed by atoms with van der Waals surface area (Å²) >= 11 is 0. The Labute approximate surface area is 221 Å². The molecule has 194 valence electrons. The van der Waals surface area contributed by atoms with Crippen LogP contribution in [0.3, 0.4) is 0 Å². The smallest absolute Gasteiger partial charge is 0.224 e. The molecule has 0 atom stereocenters. The van der Waals surface area contributed by atoms with Crippen molar-refractivity contribution in [1.29, 1.82) is 5.26 Å². The van der Waals surface area contributed by atoms with Crippen LogP contribution in [0.2, 0.25) is 0 Å². The van der Waals surface area contributed by atoms with Crippen LogP contribution in [0.25, 0.3) is 10.9 Å². The number of hydrogen-bond donors (Lipinski definition) is 2. The van der Waals surface area contributed by atoms with Crippen LogP contribution in [0.15, 0.2) is 60.9 Å². The third-order valence-corrected chi connectivity index (χ3v) is 5.92. The molecule has 0 spiro atoms. The van der Waals surface area contributed by atoms with Crippen molar-refractivity contribution in [1.82, 2.24) is 14.9 Å². The third-order valence-electron chi connectivity index (χ3n) is 5.92. The number of carbonyl (C=O) groups excluding carboxylic acids is 1. The number of pyridine rings is 2. The number of aromatic nitrogens is 2. The van der Waals surface area contributed by atoms with Crippen LogP contribution in [0.4, 0.5) is 21.5 Å². The molecule has 0 aliphatic carbocycles. The molecule has 2 aromatic heterocycles. The number of nitrogens with one attached hydrogen (secondary N) is 2. The zero-order valence-corrected chi connectivity index (χ0v) is 21.6. The summed E-state index contributed by atoms with van der Waals surface area (Å²) < 4.78 is 20.4. The fourth-order valence-corrected chi connectivity index (χ4v) is 3.94. The van der Waals surface area contributed by atoms with Gasteiger partial charge in [-0.1, -0.05) is 6.07 Å². The molecular formula is C29H29FN6O2. The number of nitriles is 1. The molecule has 0 radical (unpaired) electrons. The largest absolute Gasteiger partial charge is 0.484 e. The van der Waals surface area contributed by atoms with E-state index in [9.17, 15) is 14.4 Å². The minimum Gasteiger partial charge on any atom is -0.484 e. The maximum Gasteiger partial charge on any atom is 0.224 e. The Bertz CT molecular complexity index is 1480. The fraction of sp³-hybridized carbons (Fsp3) is 0.241. The Morgan fingerprint density at radius 1 is 1.16 bits per heavy atom. The molecule has 0 aliphatic rings. The highest BCUT2D eigenvalue weighted by molar-refractivity contribution is 6.01. The number of hydrogen-bond acceptors (Lipinski definition) is 7. The lowest BCUT2D eigenvalue weighted by Gasteiger charge is -2.16. The molecular weight excluding hydrogens is 483 g/mol. The summed E-state index contributed by atoms with van der Waals surface area (Å²) in [7, 11) is 3.93. The summed E-state index contributed by atoms with van der Waals surface area (Å²) in [5.41, 5.74) is 4.02. The molecule has 4 rings (SSSR count). The summed E-state index contributed by atoms with van der Waals surface area (Å²) in [6.45, 7) is 2.85. The van der Waals surface area contributed by atoms with Crippen LogP contribution in [0.1, 0.15) is 29.7 Å². The minimum atomic E-state index is -0.552. The minimum absolute atomic E-state index is 0.0865. The molecule has 2 N–H and O–H groups in total. The van der Waals surface area contributed by atoms with E-state index in [1.807, 2.05) is 38.1 Å². The van der Waals surface area contributed by atoms with Gasteiger partial charge in [0, 0.05) is 41.6 Å². The molecule has 2 aromatic carbocycles. The first-order valence-corrected chi connectivity index (χ1v) is 12.2. The highest BCUT2D eigenvalue weighted by atomic mass is 19.1. The van der Waals surface area contributed by atoms with Gasteiger partial charge in [-0.05, 0) is 75.9 Å². The van der Waals surface area contributed by atoms with Crippen LogP contribution < -0.4 is 15.4 Å². The van der Waals surface area contributed by atoms with Crippen molar-refractivity contribution in [2.45, 2.75) is 26.4 Å². The summed E-state index contributed by atoms with van der Waals surface area (Å²) in [5, 5.41) is 16.5. The molecule has 2 heterocycles. The number of aryl methyl sites for hydroxylation is 1.